The van der Waals surface area contributed by atoms with Crippen LogP contribution in [-0.2, 0) is 31.4 Å². The third-order valence-electron chi connectivity index (χ3n) is 9.59. The molecule has 1 fully saturated rings. The lowest BCUT2D eigenvalue weighted by molar-refractivity contribution is -0.147. The van der Waals surface area contributed by atoms with Crippen LogP contribution in [0, 0.1) is 12.3 Å². The number of pyridine rings is 2. The van der Waals surface area contributed by atoms with E-state index in [1.807, 2.05) is 68.1 Å². The third-order valence-corrected chi connectivity index (χ3v) is 9.99. The number of carboxylic acids is 1. The highest BCUT2D eigenvalue weighted by Gasteiger charge is 2.40. The van der Waals surface area contributed by atoms with E-state index in [4.69, 9.17) is 16.6 Å². The number of benzene rings is 2. The Bertz CT molecular complexity index is 2080. The number of hydrogen-bond acceptors (Lipinski definition) is 8. The van der Waals surface area contributed by atoms with Crippen molar-refractivity contribution in [2.45, 2.75) is 39.8 Å². The molecule has 48 heavy (non-hydrogen) atoms. The highest BCUT2D eigenvalue weighted by Crippen LogP contribution is 2.38. The number of anilines is 3. The average molecular weight is 665 g/mol. The van der Waals surface area contributed by atoms with Crippen molar-refractivity contribution < 1.29 is 14.7 Å². The summed E-state index contributed by atoms with van der Waals surface area (Å²) in [5, 5.41) is 20.7. The predicted molar refractivity (Wildman–Crippen MR) is 187 cm³/mol. The van der Waals surface area contributed by atoms with Crippen molar-refractivity contribution >= 4 is 51.6 Å². The second-order valence-corrected chi connectivity index (χ2v) is 13.3. The molecule has 7 rings (SSSR count). The minimum absolute atomic E-state index is 0.310. The van der Waals surface area contributed by atoms with Crippen LogP contribution in [-0.4, -0.2) is 61.0 Å². The van der Waals surface area contributed by atoms with Crippen molar-refractivity contribution in [1.29, 1.82) is 0 Å². The number of aliphatic carboxylic acids is 1. The zero-order valence-corrected chi connectivity index (χ0v) is 27.9. The molecule has 4 N–H and O–H groups in total. The largest absolute Gasteiger partial charge is 0.481 e. The summed E-state index contributed by atoms with van der Waals surface area (Å²) in [5.41, 5.74) is 7.02. The zero-order chi connectivity index (χ0) is 33.6. The van der Waals surface area contributed by atoms with E-state index in [9.17, 15) is 14.7 Å². The maximum atomic E-state index is 13.3. The number of likely N-dealkylation sites (tertiary alicyclic amines) is 1. The second-order valence-electron chi connectivity index (χ2n) is 12.9. The standard InChI is InChI=1S/C36H37ClN8O3/c1-21-24(25-7-5-9-27(30(25)37)43-34(46)33-42-28-18-38-13-11-29(28)44(33)3)6-4-8-26(21)41-32-31-23(10-14-39-32)16-22(17-40-31)19-45-15-12-36(2,20-45)35(47)48/h4-10,14,16-17,38H,11-13,15,18-20H2,1-3H3,(H,39,41)(H,43,46)(H,47,48). The highest BCUT2D eigenvalue weighted by atomic mass is 35.5. The normalized spacial score (nSPS) is 17.8. The topological polar surface area (TPSA) is 137 Å². The summed E-state index contributed by atoms with van der Waals surface area (Å²) in [7, 11) is 1.87. The maximum Gasteiger partial charge on any atom is 0.310 e. The van der Waals surface area contributed by atoms with Crippen LogP contribution in [0.2, 0.25) is 5.02 Å². The van der Waals surface area contributed by atoms with Gasteiger partial charge in [-0.2, -0.15) is 0 Å². The first kappa shape index (κ1) is 31.7. The minimum atomic E-state index is -0.749. The molecule has 3 aromatic heterocycles. The lowest BCUT2D eigenvalue weighted by Gasteiger charge is -2.20. The Labute approximate surface area is 283 Å². The fourth-order valence-corrected chi connectivity index (χ4v) is 7.05. The molecule has 246 valence electrons. The summed E-state index contributed by atoms with van der Waals surface area (Å²) in [6.45, 7) is 7.23. The van der Waals surface area contributed by atoms with Crippen LogP contribution in [0.15, 0.2) is 60.9 Å². The quantitative estimate of drug-likeness (QED) is 0.159. The summed E-state index contributed by atoms with van der Waals surface area (Å²) < 4.78 is 1.86. The van der Waals surface area contributed by atoms with Crippen LogP contribution in [0.5, 0.6) is 0 Å². The first-order chi connectivity index (χ1) is 23.1. The van der Waals surface area contributed by atoms with Crippen LogP contribution >= 0.6 is 11.6 Å². The van der Waals surface area contributed by atoms with Gasteiger partial charge in [0, 0.05) is 74.4 Å². The molecular formula is C36H37ClN8O3. The molecule has 5 aromatic rings. The van der Waals surface area contributed by atoms with E-state index in [0.29, 0.717) is 48.4 Å². The van der Waals surface area contributed by atoms with Gasteiger partial charge in [-0.25, -0.2) is 9.97 Å². The molecule has 0 aliphatic carbocycles. The fourth-order valence-electron chi connectivity index (χ4n) is 6.77. The Morgan fingerprint density at radius 1 is 1.10 bits per heavy atom. The first-order valence-corrected chi connectivity index (χ1v) is 16.4. The summed E-state index contributed by atoms with van der Waals surface area (Å²) >= 11 is 6.96. The van der Waals surface area contributed by atoms with Crippen LogP contribution in [0.3, 0.4) is 0 Å². The first-order valence-electron chi connectivity index (χ1n) is 16.0. The Balaban J connectivity index is 1.11. The van der Waals surface area contributed by atoms with Gasteiger partial charge in [-0.3, -0.25) is 19.5 Å². The Morgan fingerprint density at radius 2 is 1.90 bits per heavy atom. The number of nitrogens with one attached hydrogen (secondary N) is 3. The number of carbonyl (C=O) groups excluding carboxylic acids is 1. The SMILES string of the molecule is Cc1c(Nc2nccc3cc(CN4CCC(C)(C(=O)O)C4)cnc23)cccc1-c1cccc(NC(=O)c2nc3c(n2C)CCNC3)c1Cl. The van der Waals surface area contributed by atoms with E-state index in [1.54, 1.807) is 12.3 Å². The zero-order valence-electron chi connectivity index (χ0n) is 27.1. The molecule has 2 aliphatic heterocycles. The van der Waals surface area contributed by atoms with Crippen molar-refractivity contribution in [1.82, 2.24) is 29.7 Å². The molecule has 0 spiro atoms. The number of carbonyl (C=O) groups is 2. The fraction of sp³-hybridized carbons (Fsp3) is 0.306. The van der Waals surface area contributed by atoms with Crippen LogP contribution in [0.1, 0.15) is 46.5 Å². The van der Waals surface area contributed by atoms with E-state index in [-0.39, 0.29) is 5.91 Å². The van der Waals surface area contributed by atoms with Gasteiger partial charge in [-0.1, -0.05) is 35.9 Å². The number of nitrogens with zero attached hydrogens (tertiary/aromatic N) is 5. The van der Waals surface area contributed by atoms with Crippen LogP contribution < -0.4 is 16.0 Å². The molecule has 0 radical (unpaired) electrons. The van der Waals surface area contributed by atoms with Gasteiger partial charge in [0.2, 0.25) is 0 Å². The summed E-state index contributed by atoms with van der Waals surface area (Å²) in [4.78, 5) is 41.1. The van der Waals surface area contributed by atoms with Gasteiger partial charge < -0.3 is 25.6 Å². The number of aromatic nitrogens is 4. The van der Waals surface area contributed by atoms with Gasteiger partial charge in [0.15, 0.2) is 11.6 Å². The second kappa shape index (κ2) is 12.6. The minimum Gasteiger partial charge on any atom is -0.481 e. The van der Waals surface area contributed by atoms with Crippen molar-refractivity contribution in [3.63, 3.8) is 0 Å². The van der Waals surface area contributed by atoms with Crippen molar-refractivity contribution in [3.05, 3.63) is 94.3 Å². The van der Waals surface area contributed by atoms with Gasteiger partial charge in [0.25, 0.3) is 5.91 Å². The molecule has 2 aliphatic rings. The molecule has 1 saturated heterocycles. The molecule has 5 heterocycles. The van der Waals surface area contributed by atoms with E-state index in [2.05, 4.69) is 36.9 Å². The van der Waals surface area contributed by atoms with Gasteiger partial charge in [0.05, 0.1) is 21.8 Å². The summed E-state index contributed by atoms with van der Waals surface area (Å²) in [6.07, 6.45) is 5.05. The Hall–Kier alpha value is -4.84. The van der Waals surface area contributed by atoms with Gasteiger partial charge in [0.1, 0.15) is 5.52 Å². The van der Waals surface area contributed by atoms with E-state index >= 15 is 0 Å². The third kappa shape index (κ3) is 5.89. The molecule has 1 amide bonds. The predicted octanol–water partition coefficient (Wildman–Crippen LogP) is 5.93. The Kier molecular flexibility index (Phi) is 8.36. The van der Waals surface area contributed by atoms with Crippen molar-refractivity contribution in [2.24, 2.45) is 12.5 Å². The van der Waals surface area contributed by atoms with E-state index in [0.717, 1.165) is 69.7 Å². The summed E-state index contributed by atoms with van der Waals surface area (Å²) in [6, 6.07) is 15.6. The van der Waals surface area contributed by atoms with Gasteiger partial charge >= 0.3 is 5.97 Å². The van der Waals surface area contributed by atoms with Gasteiger partial charge in [-0.15, -0.1) is 0 Å². The number of hydrogen-bond donors (Lipinski definition) is 4. The number of rotatable bonds is 8. The number of fused-ring (bicyclic) bond motifs is 2. The molecule has 1 atom stereocenters. The van der Waals surface area contributed by atoms with E-state index < -0.39 is 11.4 Å². The average Bonchev–Trinajstić information content (AvgIpc) is 3.63. The van der Waals surface area contributed by atoms with Gasteiger partial charge in [-0.05, 0) is 67.8 Å². The molecule has 1 unspecified atom stereocenters. The number of amides is 1. The highest BCUT2D eigenvalue weighted by molar-refractivity contribution is 6.36. The van der Waals surface area contributed by atoms with Crippen LogP contribution in [0.4, 0.5) is 17.2 Å². The van der Waals surface area contributed by atoms with Crippen molar-refractivity contribution in [3.8, 4) is 11.1 Å². The number of carboxylic acid groups (broad SMARTS) is 1. The van der Waals surface area contributed by atoms with E-state index in [1.165, 1.54) is 0 Å². The molecule has 2 aromatic carbocycles. The molecule has 11 nitrogen and oxygen atoms in total. The smallest absolute Gasteiger partial charge is 0.310 e. The monoisotopic (exact) mass is 664 g/mol. The molecule has 0 bridgehead atoms. The molecular weight excluding hydrogens is 628 g/mol. The Morgan fingerprint density at radius 3 is 2.67 bits per heavy atom. The maximum absolute atomic E-state index is 13.3. The lowest BCUT2D eigenvalue weighted by Crippen LogP contribution is -2.31. The lowest BCUT2D eigenvalue weighted by atomic mass is 9.90. The number of halogens is 1. The van der Waals surface area contributed by atoms with Crippen LogP contribution in [0.25, 0.3) is 22.0 Å². The molecule has 12 heteroatoms. The summed E-state index contributed by atoms with van der Waals surface area (Å²) in [5.74, 6) is -0.0805. The number of imidazole rings is 1. The molecule has 0 saturated carbocycles. The van der Waals surface area contributed by atoms with Crippen molar-refractivity contribution in [2.75, 3.05) is 30.3 Å².